The van der Waals surface area contributed by atoms with E-state index in [9.17, 15) is 22.8 Å². The first-order chi connectivity index (χ1) is 17.0. The SMILES string of the molecule is CNC(=O)N1CCn2c(C(F)(F)F)ccc2C12CCN(C(=O)c1ccc(OC(C)C)c(OC)c1)CC2. The van der Waals surface area contributed by atoms with Crippen molar-refractivity contribution >= 4 is 11.9 Å². The molecule has 196 valence electrons. The highest BCUT2D eigenvalue weighted by Gasteiger charge is 2.50. The van der Waals surface area contributed by atoms with Crippen LogP contribution in [0.4, 0.5) is 18.0 Å². The summed E-state index contributed by atoms with van der Waals surface area (Å²) in [5.74, 6) is 0.762. The monoisotopic (exact) mass is 508 g/mol. The van der Waals surface area contributed by atoms with Gasteiger partial charge in [0, 0.05) is 44.5 Å². The number of rotatable bonds is 4. The minimum Gasteiger partial charge on any atom is -0.493 e. The van der Waals surface area contributed by atoms with Gasteiger partial charge >= 0.3 is 12.2 Å². The number of methoxy groups -OCH3 is 1. The molecule has 2 aliphatic heterocycles. The van der Waals surface area contributed by atoms with Crippen molar-refractivity contribution in [2.24, 2.45) is 0 Å². The Morgan fingerprint density at radius 2 is 1.72 bits per heavy atom. The second-order valence-electron chi connectivity index (χ2n) is 9.32. The summed E-state index contributed by atoms with van der Waals surface area (Å²) in [4.78, 5) is 29.3. The molecule has 11 heteroatoms. The summed E-state index contributed by atoms with van der Waals surface area (Å²) >= 11 is 0. The maximum absolute atomic E-state index is 13.6. The van der Waals surface area contributed by atoms with Gasteiger partial charge in [-0.2, -0.15) is 13.2 Å². The van der Waals surface area contributed by atoms with Crippen molar-refractivity contribution in [1.82, 2.24) is 19.7 Å². The van der Waals surface area contributed by atoms with Gasteiger partial charge in [-0.15, -0.1) is 0 Å². The normalized spacial score (nSPS) is 17.2. The minimum absolute atomic E-state index is 0.0551. The number of fused-ring (bicyclic) bond motifs is 2. The highest BCUT2D eigenvalue weighted by atomic mass is 19.4. The Morgan fingerprint density at radius 1 is 1.03 bits per heavy atom. The number of amides is 3. The second kappa shape index (κ2) is 9.59. The van der Waals surface area contributed by atoms with Crippen molar-refractivity contribution in [2.45, 2.75) is 51.1 Å². The molecule has 1 saturated heterocycles. The topological polar surface area (TPSA) is 76.0 Å². The standard InChI is InChI=1S/C25H31F3N4O4/c1-16(2)36-18-6-5-17(15-19(18)35-4)22(33)30-11-9-24(10-12-30)20-7-8-21(25(26,27)28)31(20)13-14-32(24)23(34)29-3/h5-8,15-16H,9-14H2,1-4H3,(H,29,34). The maximum atomic E-state index is 13.6. The summed E-state index contributed by atoms with van der Waals surface area (Å²) in [6, 6.07) is 7.19. The summed E-state index contributed by atoms with van der Waals surface area (Å²) < 4.78 is 53.2. The van der Waals surface area contributed by atoms with Crippen LogP contribution in [-0.4, -0.2) is 66.2 Å². The average molecular weight is 509 g/mol. The van der Waals surface area contributed by atoms with E-state index in [1.807, 2.05) is 13.8 Å². The van der Waals surface area contributed by atoms with E-state index in [1.54, 1.807) is 28.0 Å². The number of carbonyl (C=O) groups is 2. The van der Waals surface area contributed by atoms with Crippen molar-refractivity contribution in [1.29, 1.82) is 0 Å². The Morgan fingerprint density at radius 3 is 2.31 bits per heavy atom. The van der Waals surface area contributed by atoms with E-state index in [2.05, 4.69) is 5.32 Å². The maximum Gasteiger partial charge on any atom is 0.431 e. The first kappa shape index (κ1) is 25.7. The number of alkyl halides is 3. The van der Waals surface area contributed by atoms with E-state index >= 15 is 0 Å². The zero-order valence-corrected chi connectivity index (χ0v) is 20.8. The van der Waals surface area contributed by atoms with Crippen LogP contribution in [0.25, 0.3) is 0 Å². The number of ether oxygens (including phenoxy) is 2. The van der Waals surface area contributed by atoms with E-state index in [4.69, 9.17) is 9.47 Å². The van der Waals surface area contributed by atoms with Crippen LogP contribution in [0.15, 0.2) is 30.3 Å². The quantitative estimate of drug-likeness (QED) is 0.675. The third-order valence-corrected chi connectivity index (χ3v) is 6.92. The number of likely N-dealkylation sites (tertiary alicyclic amines) is 1. The molecule has 0 bridgehead atoms. The number of benzene rings is 1. The Balaban J connectivity index is 1.60. The van der Waals surface area contributed by atoms with Gasteiger partial charge in [0.2, 0.25) is 0 Å². The molecular formula is C25H31F3N4O4. The molecule has 2 aliphatic rings. The van der Waals surface area contributed by atoms with Gasteiger partial charge in [-0.05, 0) is 57.0 Å². The van der Waals surface area contributed by atoms with E-state index in [0.717, 1.165) is 6.07 Å². The van der Waals surface area contributed by atoms with Crippen LogP contribution in [0.3, 0.4) is 0 Å². The van der Waals surface area contributed by atoms with Crippen LogP contribution < -0.4 is 14.8 Å². The van der Waals surface area contributed by atoms with Crippen LogP contribution in [0.5, 0.6) is 11.5 Å². The molecule has 0 aliphatic carbocycles. The van der Waals surface area contributed by atoms with Crippen LogP contribution in [0.1, 0.15) is 48.4 Å². The summed E-state index contributed by atoms with van der Waals surface area (Å²) in [5.41, 5.74) is -0.782. The van der Waals surface area contributed by atoms with Gasteiger partial charge in [0.25, 0.3) is 5.91 Å². The van der Waals surface area contributed by atoms with E-state index in [1.165, 1.54) is 24.8 Å². The number of carbonyl (C=O) groups excluding carboxylic acids is 2. The van der Waals surface area contributed by atoms with Gasteiger partial charge in [0.05, 0.1) is 18.8 Å². The highest BCUT2D eigenvalue weighted by Crippen LogP contribution is 2.45. The average Bonchev–Trinajstić information content (AvgIpc) is 3.30. The fraction of sp³-hybridized carbons (Fsp3) is 0.520. The molecule has 1 fully saturated rings. The molecule has 1 N–H and O–H groups in total. The lowest BCUT2D eigenvalue weighted by Crippen LogP contribution is -2.61. The van der Waals surface area contributed by atoms with Crippen molar-refractivity contribution < 1.29 is 32.2 Å². The smallest absolute Gasteiger partial charge is 0.431 e. The Labute approximate surface area is 207 Å². The lowest BCUT2D eigenvalue weighted by Gasteiger charge is -2.51. The van der Waals surface area contributed by atoms with Crippen molar-refractivity contribution in [2.75, 3.05) is 33.8 Å². The molecule has 1 spiro atoms. The highest BCUT2D eigenvalue weighted by molar-refractivity contribution is 5.95. The third-order valence-electron chi connectivity index (χ3n) is 6.92. The number of hydrogen-bond acceptors (Lipinski definition) is 4. The first-order valence-electron chi connectivity index (χ1n) is 11.9. The van der Waals surface area contributed by atoms with Gasteiger partial charge in [-0.25, -0.2) is 4.79 Å². The summed E-state index contributed by atoms with van der Waals surface area (Å²) in [7, 11) is 3.01. The molecule has 8 nitrogen and oxygen atoms in total. The predicted octanol–water partition coefficient (Wildman–Crippen LogP) is 4.09. The molecule has 0 atom stereocenters. The minimum atomic E-state index is -4.49. The molecule has 0 saturated carbocycles. The van der Waals surface area contributed by atoms with Gasteiger partial charge in [0.15, 0.2) is 11.5 Å². The Kier molecular flexibility index (Phi) is 6.85. The lowest BCUT2D eigenvalue weighted by molar-refractivity contribution is -0.144. The zero-order chi connectivity index (χ0) is 26.3. The van der Waals surface area contributed by atoms with Crippen LogP contribution in [0, 0.1) is 0 Å². The summed E-state index contributed by atoms with van der Waals surface area (Å²) in [5, 5.41) is 2.61. The van der Waals surface area contributed by atoms with Gasteiger partial charge in [-0.3, -0.25) is 4.79 Å². The molecule has 2 aromatic rings. The molecule has 0 radical (unpaired) electrons. The fourth-order valence-electron chi connectivity index (χ4n) is 5.29. The van der Waals surface area contributed by atoms with Gasteiger partial charge < -0.3 is 29.2 Å². The fourth-order valence-corrected chi connectivity index (χ4v) is 5.29. The van der Waals surface area contributed by atoms with Gasteiger partial charge in [-0.1, -0.05) is 0 Å². The number of nitrogens with zero attached hydrogens (tertiary/aromatic N) is 3. The Bertz CT molecular complexity index is 1140. The van der Waals surface area contributed by atoms with Crippen LogP contribution >= 0.6 is 0 Å². The third kappa shape index (κ3) is 4.46. The number of nitrogens with one attached hydrogen (secondary N) is 1. The Hall–Kier alpha value is -3.37. The van der Waals surface area contributed by atoms with Crippen molar-refractivity contribution in [3.05, 3.63) is 47.3 Å². The summed E-state index contributed by atoms with van der Waals surface area (Å²) in [6.07, 6.45) is -3.91. The molecule has 1 aromatic carbocycles. The molecule has 36 heavy (non-hydrogen) atoms. The zero-order valence-electron chi connectivity index (χ0n) is 20.8. The van der Waals surface area contributed by atoms with E-state index in [-0.39, 0.29) is 44.2 Å². The van der Waals surface area contributed by atoms with Crippen LogP contribution in [0.2, 0.25) is 0 Å². The number of hydrogen-bond donors (Lipinski definition) is 1. The molecule has 4 rings (SSSR count). The predicted molar refractivity (Wildman–Crippen MR) is 126 cm³/mol. The number of aromatic nitrogens is 1. The largest absolute Gasteiger partial charge is 0.493 e. The second-order valence-corrected chi connectivity index (χ2v) is 9.32. The van der Waals surface area contributed by atoms with Crippen molar-refractivity contribution in [3.8, 4) is 11.5 Å². The number of piperidine rings is 1. The number of halogens is 3. The number of urea groups is 1. The molecular weight excluding hydrogens is 477 g/mol. The van der Waals surface area contributed by atoms with Crippen molar-refractivity contribution in [3.63, 3.8) is 0 Å². The molecule has 3 amide bonds. The van der Waals surface area contributed by atoms with E-state index < -0.39 is 17.4 Å². The first-order valence-corrected chi connectivity index (χ1v) is 11.9. The molecule has 3 heterocycles. The lowest BCUT2D eigenvalue weighted by atomic mass is 9.81. The molecule has 1 aromatic heterocycles. The molecule has 0 unspecified atom stereocenters. The van der Waals surface area contributed by atoms with E-state index in [0.29, 0.717) is 35.6 Å². The van der Waals surface area contributed by atoms with Gasteiger partial charge in [0.1, 0.15) is 5.69 Å². The summed E-state index contributed by atoms with van der Waals surface area (Å²) in [6.45, 7) is 4.55. The van der Waals surface area contributed by atoms with Crippen LogP contribution in [-0.2, 0) is 18.3 Å².